The molecular formula is C30H33N3O5S2. The van der Waals surface area contributed by atoms with Crippen molar-refractivity contribution >= 4 is 27.3 Å². The van der Waals surface area contributed by atoms with Crippen LogP contribution in [0.4, 0.5) is 0 Å². The summed E-state index contributed by atoms with van der Waals surface area (Å²) in [6.07, 6.45) is 0.383. The quantitative estimate of drug-likeness (QED) is 0.242. The molecule has 3 N–H and O–H groups in total. The van der Waals surface area contributed by atoms with Gasteiger partial charge < -0.3 is 20.5 Å². The van der Waals surface area contributed by atoms with Gasteiger partial charge in [-0.1, -0.05) is 42.5 Å². The van der Waals surface area contributed by atoms with E-state index in [0.717, 1.165) is 32.9 Å². The summed E-state index contributed by atoms with van der Waals surface area (Å²) < 4.78 is 39.7. The summed E-state index contributed by atoms with van der Waals surface area (Å²) in [4.78, 5) is 13.8. The van der Waals surface area contributed by atoms with Crippen molar-refractivity contribution in [2.24, 2.45) is 5.73 Å². The van der Waals surface area contributed by atoms with E-state index in [4.69, 9.17) is 15.2 Å². The molecule has 0 radical (unpaired) electrons. The van der Waals surface area contributed by atoms with E-state index in [-0.39, 0.29) is 23.8 Å². The molecule has 0 saturated carbocycles. The topological polar surface area (TPSA) is 111 Å². The molecule has 4 aromatic rings. The number of nitrogens with two attached hydrogens (primary N) is 1. The molecule has 0 fully saturated rings. The summed E-state index contributed by atoms with van der Waals surface area (Å²) in [5.41, 5.74) is 9.29. The van der Waals surface area contributed by atoms with Crippen LogP contribution in [0.15, 0.2) is 89.1 Å². The zero-order valence-corrected chi connectivity index (χ0v) is 24.1. The van der Waals surface area contributed by atoms with E-state index in [0.29, 0.717) is 18.7 Å². The zero-order valence-electron chi connectivity index (χ0n) is 22.5. The number of carbonyl (C=O) groups is 1. The van der Waals surface area contributed by atoms with E-state index in [1.54, 1.807) is 26.4 Å². The summed E-state index contributed by atoms with van der Waals surface area (Å²) in [6, 6.07) is 25.8. The Morgan fingerprint density at radius 1 is 0.900 bits per heavy atom. The smallest absolute Gasteiger partial charge is 0.253 e. The molecule has 40 heavy (non-hydrogen) atoms. The number of nitrogens with zero attached hydrogens (tertiary/aromatic N) is 1. The number of hydrogen-bond donors (Lipinski definition) is 2. The van der Waals surface area contributed by atoms with Crippen molar-refractivity contribution in [1.82, 2.24) is 9.62 Å². The van der Waals surface area contributed by atoms with Crippen molar-refractivity contribution in [1.29, 1.82) is 0 Å². The number of thiophene rings is 1. The minimum atomic E-state index is -3.97. The highest BCUT2D eigenvalue weighted by atomic mass is 32.2. The van der Waals surface area contributed by atoms with Crippen molar-refractivity contribution in [3.05, 3.63) is 102 Å². The Balaban J connectivity index is 1.53. The Labute approximate surface area is 239 Å². The number of ether oxygens (including phenoxy) is 2. The van der Waals surface area contributed by atoms with Crippen molar-refractivity contribution < 1.29 is 22.7 Å². The second-order valence-electron chi connectivity index (χ2n) is 9.04. The van der Waals surface area contributed by atoms with Gasteiger partial charge in [0.1, 0.15) is 15.7 Å². The fourth-order valence-corrected chi connectivity index (χ4v) is 7.01. The lowest BCUT2D eigenvalue weighted by molar-refractivity contribution is -0.121. The molecule has 4 rings (SSSR count). The van der Waals surface area contributed by atoms with Crippen LogP contribution in [0.2, 0.25) is 0 Å². The molecule has 0 atom stereocenters. The third-order valence-corrected chi connectivity index (χ3v) is 9.89. The third kappa shape index (κ3) is 7.28. The van der Waals surface area contributed by atoms with E-state index >= 15 is 0 Å². The van der Waals surface area contributed by atoms with E-state index < -0.39 is 15.9 Å². The first-order valence-corrected chi connectivity index (χ1v) is 15.0. The maximum Gasteiger partial charge on any atom is 0.253 e. The SMILES string of the molecule is COc1ccc(-c2ccc(S(=O)(=O)N(CCc3ccccc3OC)CC(=O)NCc3ccc(CN)cc3)s2)cc1. The molecule has 10 heteroatoms. The van der Waals surface area contributed by atoms with Gasteiger partial charge in [0.15, 0.2) is 0 Å². The third-order valence-electron chi connectivity index (χ3n) is 6.44. The van der Waals surface area contributed by atoms with Gasteiger partial charge in [0.2, 0.25) is 5.91 Å². The van der Waals surface area contributed by atoms with E-state index in [2.05, 4.69) is 5.32 Å². The average Bonchev–Trinajstić information content (AvgIpc) is 3.50. The number of benzene rings is 3. The lowest BCUT2D eigenvalue weighted by Crippen LogP contribution is -2.41. The Kier molecular flexibility index (Phi) is 9.94. The fourth-order valence-electron chi connectivity index (χ4n) is 4.15. The predicted molar refractivity (Wildman–Crippen MR) is 158 cm³/mol. The summed E-state index contributed by atoms with van der Waals surface area (Å²) in [6.45, 7) is 0.518. The van der Waals surface area contributed by atoms with Crippen LogP contribution in [0.1, 0.15) is 16.7 Å². The molecule has 3 aromatic carbocycles. The van der Waals surface area contributed by atoms with Crippen molar-refractivity contribution in [3.63, 3.8) is 0 Å². The molecule has 0 bridgehead atoms. The van der Waals surface area contributed by atoms with Gasteiger partial charge >= 0.3 is 0 Å². The van der Waals surface area contributed by atoms with Crippen LogP contribution in [0.25, 0.3) is 10.4 Å². The second kappa shape index (κ2) is 13.6. The minimum absolute atomic E-state index is 0.108. The number of rotatable bonds is 13. The molecule has 0 saturated heterocycles. The normalized spacial score (nSPS) is 11.4. The Morgan fingerprint density at radius 2 is 1.60 bits per heavy atom. The predicted octanol–water partition coefficient (Wildman–Crippen LogP) is 4.44. The van der Waals surface area contributed by atoms with Gasteiger partial charge in [-0.25, -0.2) is 8.42 Å². The lowest BCUT2D eigenvalue weighted by Gasteiger charge is -2.21. The maximum atomic E-state index is 13.8. The van der Waals surface area contributed by atoms with Crippen LogP contribution in [-0.2, 0) is 34.3 Å². The number of methoxy groups -OCH3 is 2. The number of amides is 1. The van der Waals surface area contributed by atoms with Gasteiger partial charge in [-0.2, -0.15) is 4.31 Å². The fraction of sp³-hybridized carbons (Fsp3) is 0.233. The minimum Gasteiger partial charge on any atom is -0.497 e. The number of carbonyl (C=O) groups excluding carboxylic acids is 1. The molecule has 0 aliphatic carbocycles. The number of sulfonamides is 1. The first-order valence-electron chi connectivity index (χ1n) is 12.7. The maximum absolute atomic E-state index is 13.8. The van der Waals surface area contributed by atoms with Crippen LogP contribution in [0, 0.1) is 0 Å². The summed E-state index contributed by atoms with van der Waals surface area (Å²) in [5, 5.41) is 2.84. The summed E-state index contributed by atoms with van der Waals surface area (Å²) >= 11 is 1.17. The van der Waals surface area contributed by atoms with Gasteiger partial charge in [0, 0.05) is 24.5 Å². The standard InChI is InChI=1S/C30H33N3O5S2/c1-37-26-13-11-25(12-14-26)28-15-16-30(39-28)40(35,36)33(18-17-24-5-3-4-6-27(24)38-2)21-29(34)32-20-23-9-7-22(19-31)8-10-23/h3-16H,17-21,31H2,1-2H3,(H,32,34). The molecule has 0 aliphatic heterocycles. The Hall–Kier alpha value is -3.70. The zero-order chi connectivity index (χ0) is 28.5. The first-order chi connectivity index (χ1) is 19.3. The van der Waals surface area contributed by atoms with Gasteiger partial charge in [0.05, 0.1) is 20.8 Å². The van der Waals surface area contributed by atoms with Crippen LogP contribution in [0.5, 0.6) is 11.5 Å². The van der Waals surface area contributed by atoms with Gasteiger partial charge in [0.25, 0.3) is 10.0 Å². The van der Waals surface area contributed by atoms with Crippen LogP contribution in [0.3, 0.4) is 0 Å². The van der Waals surface area contributed by atoms with E-state index in [9.17, 15) is 13.2 Å². The number of hydrogen-bond acceptors (Lipinski definition) is 7. The molecule has 0 unspecified atom stereocenters. The van der Waals surface area contributed by atoms with Crippen LogP contribution >= 0.6 is 11.3 Å². The highest BCUT2D eigenvalue weighted by molar-refractivity contribution is 7.91. The van der Waals surface area contributed by atoms with Crippen LogP contribution < -0.4 is 20.5 Å². The molecule has 1 amide bonds. The Morgan fingerprint density at radius 3 is 2.27 bits per heavy atom. The highest BCUT2D eigenvalue weighted by Gasteiger charge is 2.28. The molecule has 0 aliphatic rings. The van der Waals surface area contributed by atoms with Gasteiger partial charge in [-0.15, -0.1) is 11.3 Å². The van der Waals surface area contributed by atoms with Crippen molar-refractivity contribution in [2.75, 3.05) is 27.3 Å². The lowest BCUT2D eigenvalue weighted by atomic mass is 10.1. The Bertz CT molecular complexity index is 1520. The van der Waals surface area contributed by atoms with Gasteiger partial charge in [-0.05, 0) is 71.1 Å². The van der Waals surface area contributed by atoms with Gasteiger partial charge in [-0.3, -0.25) is 4.79 Å². The second-order valence-corrected chi connectivity index (χ2v) is 12.3. The summed E-state index contributed by atoms with van der Waals surface area (Å²) in [7, 11) is -0.794. The number of nitrogens with one attached hydrogen (secondary N) is 1. The largest absolute Gasteiger partial charge is 0.497 e. The monoisotopic (exact) mass is 579 g/mol. The van der Waals surface area contributed by atoms with E-state index in [1.165, 1.54) is 15.6 Å². The molecule has 210 valence electrons. The molecule has 0 spiro atoms. The van der Waals surface area contributed by atoms with Crippen molar-refractivity contribution in [3.8, 4) is 21.9 Å². The molecular weight excluding hydrogens is 546 g/mol. The van der Waals surface area contributed by atoms with E-state index in [1.807, 2.05) is 72.8 Å². The first kappa shape index (κ1) is 29.3. The average molecular weight is 580 g/mol. The van der Waals surface area contributed by atoms with Crippen LogP contribution in [-0.4, -0.2) is 45.9 Å². The molecule has 1 aromatic heterocycles. The molecule has 1 heterocycles. The highest BCUT2D eigenvalue weighted by Crippen LogP contribution is 2.33. The molecule has 8 nitrogen and oxygen atoms in total. The summed E-state index contributed by atoms with van der Waals surface area (Å²) in [5.74, 6) is 0.999. The van der Waals surface area contributed by atoms with Crippen molar-refractivity contribution in [2.45, 2.75) is 23.7 Å². The number of para-hydroxylation sites is 1.